The highest BCUT2D eigenvalue weighted by molar-refractivity contribution is 5.94. The summed E-state index contributed by atoms with van der Waals surface area (Å²) in [6.07, 6.45) is 4.35. The maximum Gasteiger partial charge on any atom is 0.231 e. The molecule has 0 atom stereocenters. The maximum atomic E-state index is 12.1. The number of hydrogen-bond acceptors (Lipinski definition) is 5. The van der Waals surface area contributed by atoms with E-state index < -0.39 is 0 Å². The molecule has 1 amide bonds. The highest BCUT2D eigenvalue weighted by Gasteiger charge is 2.17. The van der Waals surface area contributed by atoms with Crippen molar-refractivity contribution in [1.82, 2.24) is 0 Å². The summed E-state index contributed by atoms with van der Waals surface area (Å²) >= 11 is 0. The van der Waals surface area contributed by atoms with E-state index in [0.29, 0.717) is 29.3 Å². The largest absolute Gasteiger partial charge is 0.497 e. The molecule has 1 heterocycles. The minimum atomic E-state index is -0.0417. The van der Waals surface area contributed by atoms with E-state index in [0.717, 1.165) is 31.4 Å². The minimum absolute atomic E-state index is 0. The molecule has 0 unspecified atom stereocenters. The van der Waals surface area contributed by atoms with E-state index in [1.807, 2.05) is 12.1 Å². The van der Waals surface area contributed by atoms with E-state index in [1.54, 1.807) is 19.2 Å². The second-order valence-electron chi connectivity index (χ2n) is 6.25. The first-order valence-corrected chi connectivity index (χ1v) is 8.77. The zero-order valence-electron chi connectivity index (χ0n) is 15.3. The van der Waals surface area contributed by atoms with Gasteiger partial charge in [0.05, 0.1) is 18.5 Å². The van der Waals surface area contributed by atoms with Crippen LogP contribution in [0.1, 0.15) is 31.2 Å². The molecule has 0 radical (unpaired) electrons. The zero-order valence-corrected chi connectivity index (χ0v) is 16.1. The number of fused-ring (bicyclic) bond motifs is 1. The number of anilines is 2. The molecule has 2 aromatic rings. The molecule has 146 valence electrons. The van der Waals surface area contributed by atoms with Crippen molar-refractivity contribution in [2.75, 3.05) is 25.0 Å². The minimum Gasteiger partial charge on any atom is -0.497 e. The topological polar surface area (TPSA) is 82.8 Å². The number of nitrogen functional groups attached to an aromatic ring is 1. The molecule has 2 aromatic carbocycles. The number of nitrogens with two attached hydrogens (primary N) is 1. The average molecular weight is 393 g/mol. The second-order valence-corrected chi connectivity index (χ2v) is 6.25. The van der Waals surface area contributed by atoms with E-state index >= 15 is 0 Å². The Kier molecular flexibility index (Phi) is 7.61. The molecule has 0 spiro atoms. The van der Waals surface area contributed by atoms with Gasteiger partial charge in [0.2, 0.25) is 12.7 Å². The number of carbonyl (C=O) groups excluding carboxylic acids is 1. The molecular weight excluding hydrogens is 368 g/mol. The number of hydrogen-bond donors (Lipinski definition) is 2. The second kappa shape index (κ2) is 9.92. The van der Waals surface area contributed by atoms with Crippen LogP contribution in [0, 0.1) is 0 Å². The predicted octanol–water partition coefficient (Wildman–Crippen LogP) is 4.17. The number of unbranched alkanes of at least 4 members (excludes halogenated alkanes) is 2. The van der Waals surface area contributed by atoms with Gasteiger partial charge in [-0.1, -0.05) is 18.6 Å². The number of halogens is 1. The average Bonchev–Trinajstić information content (AvgIpc) is 3.09. The fraction of sp³-hybridized carbons (Fsp3) is 0.350. The van der Waals surface area contributed by atoms with E-state index in [4.69, 9.17) is 19.9 Å². The lowest BCUT2D eigenvalue weighted by Gasteiger charge is -2.09. The standard InChI is InChI=1S/C20H24N2O4.ClH/c1-24-15-9-7-14(8-10-15)5-3-2-4-6-20(23)22-17-12-19-18(11-16(17)21)25-13-26-19;/h7-12H,2-6,13,21H2,1H3,(H,22,23);1H. The molecule has 0 bridgehead atoms. The third-order valence-electron chi connectivity index (χ3n) is 4.35. The molecule has 3 rings (SSSR count). The number of aryl methyl sites for hydroxylation is 1. The SMILES string of the molecule is COc1ccc(CCCCCC(=O)Nc2cc3c(cc2N)OCO3)cc1.Cl. The van der Waals surface area contributed by atoms with Crippen molar-refractivity contribution in [2.24, 2.45) is 0 Å². The van der Waals surface area contributed by atoms with Gasteiger partial charge in [0.15, 0.2) is 11.5 Å². The fourth-order valence-corrected chi connectivity index (χ4v) is 2.86. The van der Waals surface area contributed by atoms with E-state index in [9.17, 15) is 4.79 Å². The molecule has 27 heavy (non-hydrogen) atoms. The van der Waals surface area contributed by atoms with Crippen molar-refractivity contribution in [3.8, 4) is 17.2 Å². The van der Waals surface area contributed by atoms with Gasteiger partial charge in [-0.05, 0) is 37.0 Å². The highest BCUT2D eigenvalue weighted by Crippen LogP contribution is 2.38. The van der Waals surface area contributed by atoms with Crippen molar-refractivity contribution in [3.05, 3.63) is 42.0 Å². The number of methoxy groups -OCH3 is 1. The Hall–Kier alpha value is -2.60. The number of rotatable bonds is 8. The summed E-state index contributed by atoms with van der Waals surface area (Å²) in [5.74, 6) is 2.04. The quantitative estimate of drug-likeness (QED) is 0.520. The first kappa shape index (κ1) is 20.7. The summed E-state index contributed by atoms with van der Waals surface area (Å²) in [6, 6.07) is 11.5. The van der Waals surface area contributed by atoms with Gasteiger partial charge < -0.3 is 25.3 Å². The molecule has 0 aliphatic carbocycles. The Labute approximate surface area is 165 Å². The van der Waals surface area contributed by atoms with Crippen LogP contribution in [-0.2, 0) is 11.2 Å². The third kappa shape index (κ3) is 5.69. The molecule has 3 N–H and O–H groups in total. The Balaban J connectivity index is 0.00000261. The first-order valence-electron chi connectivity index (χ1n) is 8.77. The smallest absolute Gasteiger partial charge is 0.231 e. The van der Waals surface area contributed by atoms with Gasteiger partial charge in [0.1, 0.15) is 5.75 Å². The highest BCUT2D eigenvalue weighted by atomic mass is 35.5. The molecular formula is C20H25ClN2O4. The first-order chi connectivity index (χ1) is 12.7. The summed E-state index contributed by atoms with van der Waals surface area (Å²) in [5, 5.41) is 2.85. The van der Waals surface area contributed by atoms with Crippen LogP contribution in [0.5, 0.6) is 17.2 Å². The van der Waals surface area contributed by atoms with Crippen LogP contribution >= 0.6 is 12.4 Å². The number of ether oxygens (including phenoxy) is 3. The maximum absolute atomic E-state index is 12.1. The molecule has 6 nitrogen and oxygen atoms in total. The van der Waals surface area contributed by atoms with Gasteiger partial charge in [-0.2, -0.15) is 0 Å². The molecule has 0 saturated carbocycles. The Morgan fingerprint density at radius 1 is 1.11 bits per heavy atom. The van der Waals surface area contributed by atoms with Gasteiger partial charge in [-0.15, -0.1) is 12.4 Å². The van der Waals surface area contributed by atoms with Gasteiger partial charge >= 0.3 is 0 Å². The van der Waals surface area contributed by atoms with Crippen LogP contribution in [0.3, 0.4) is 0 Å². The van der Waals surface area contributed by atoms with E-state index in [-0.39, 0.29) is 25.1 Å². The number of nitrogens with one attached hydrogen (secondary N) is 1. The van der Waals surface area contributed by atoms with Gasteiger partial charge in [-0.25, -0.2) is 0 Å². The van der Waals surface area contributed by atoms with Crippen LogP contribution < -0.4 is 25.3 Å². The normalized spacial score (nSPS) is 11.6. The van der Waals surface area contributed by atoms with Crippen LogP contribution in [0.4, 0.5) is 11.4 Å². The molecule has 0 saturated heterocycles. The third-order valence-corrected chi connectivity index (χ3v) is 4.35. The lowest BCUT2D eigenvalue weighted by atomic mass is 10.1. The zero-order chi connectivity index (χ0) is 18.4. The van der Waals surface area contributed by atoms with Crippen LogP contribution in [0.2, 0.25) is 0 Å². The lowest BCUT2D eigenvalue weighted by Crippen LogP contribution is -2.12. The summed E-state index contributed by atoms with van der Waals surface area (Å²) in [7, 11) is 1.66. The van der Waals surface area contributed by atoms with E-state index in [1.165, 1.54) is 5.56 Å². The summed E-state index contributed by atoms with van der Waals surface area (Å²) in [4.78, 5) is 12.1. The Bertz CT molecular complexity index is 765. The summed E-state index contributed by atoms with van der Waals surface area (Å²) < 4.78 is 15.7. The fourth-order valence-electron chi connectivity index (χ4n) is 2.86. The molecule has 1 aliphatic rings. The number of amides is 1. The number of benzene rings is 2. The molecule has 0 aromatic heterocycles. The van der Waals surface area contributed by atoms with Crippen molar-refractivity contribution in [1.29, 1.82) is 0 Å². The Morgan fingerprint density at radius 2 is 1.81 bits per heavy atom. The monoisotopic (exact) mass is 392 g/mol. The predicted molar refractivity (Wildman–Crippen MR) is 108 cm³/mol. The van der Waals surface area contributed by atoms with Crippen molar-refractivity contribution < 1.29 is 19.0 Å². The van der Waals surface area contributed by atoms with Crippen LogP contribution in [-0.4, -0.2) is 19.8 Å². The molecule has 0 fully saturated rings. The van der Waals surface area contributed by atoms with Crippen LogP contribution in [0.25, 0.3) is 0 Å². The van der Waals surface area contributed by atoms with E-state index in [2.05, 4.69) is 17.4 Å². The van der Waals surface area contributed by atoms with Gasteiger partial charge in [-0.3, -0.25) is 4.79 Å². The van der Waals surface area contributed by atoms with Crippen molar-refractivity contribution >= 4 is 29.7 Å². The molecule has 7 heteroatoms. The van der Waals surface area contributed by atoms with Gasteiger partial charge in [0, 0.05) is 18.6 Å². The van der Waals surface area contributed by atoms with Crippen molar-refractivity contribution in [3.63, 3.8) is 0 Å². The molecule has 1 aliphatic heterocycles. The Morgan fingerprint density at radius 3 is 2.52 bits per heavy atom. The summed E-state index contributed by atoms with van der Waals surface area (Å²) in [5.41, 5.74) is 8.27. The van der Waals surface area contributed by atoms with Gasteiger partial charge in [0.25, 0.3) is 0 Å². The number of carbonyl (C=O) groups is 1. The summed E-state index contributed by atoms with van der Waals surface area (Å²) in [6.45, 7) is 0.181. The lowest BCUT2D eigenvalue weighted by molar-refractivity contribution is -0.116. The van der Waals surface area contributed by atoms with Crippen molar-refractivity contribution in [2.45, 2.75) is 32.1 Å². The van der Waals surface area contributed by atoms with Crippen LogP contribution in [0.15, 0.2) is 36.4 Å².